The maximum Gasteiger partial charge on any atom is 0.365 e. The molecule has 0 radical (unpaired) electrons. The Morgan fingerprint density at radius 3 is 2.38 bits per heavy atom. The van der Waals surface area contributed by atoms with E-state index < -0.39 is 33.2 Å². The highest BCUT2D eigenvalue weighted by atomic mass is 35.5. The second kappa shape index (κ2) is 5.06. The smallest absolute Gasteiger partial charge is 0.227 e. The van der Waals surface area contributed by atoms with Crippen molar-refractivity contribution in [3.05, 3.63) is 29.2 Å². The monoisotopic (exact) mass is 342 g/mol. The van der Waals surface area contributed by atoms with Gasteiger partial charge in [-0.25, -0.2) is 27.2 Å². The molecule has 0 saturated carbocycles. The molecule has 1 aromatic heterocycles. The first kappa shape index (κ1) is 15.9. The van der Waals surface area contributed by atoms with Crippen LogP contribution >= 0.6 is 11.6 Å². The zero-order valence-corrected chi connectivity index (χ0v) is 11.9. The van der Waals surface area contributed by atoms with Crippen LogP contribution in [0.4, 0.5) is 17.6 Å². The number of aromatic nitrogens is 2. The molecular formula is C11H7ClF4N2O2S. The highest BCUT2D eigenvalue weighted by molar-refractivity contribution is 7.90. The van der Waals surface area contributed by atoms with Gasteiger partial charge in [0, 0.05) is 11.6 Å². The molecule has 0 saturated heterocycles. The predicted octanol–water partition coefficient (Wildman–Crippen LogP) is 3.04. The topological polar surface area (TPSA) is 59.9 Å². The lowest BCUT2D eigenvalue weighted by Gasteiger charge is -2.14. The zero-order chi connectivity index (χ0) is 16.0. The van der Waals surface area contributed by atoms with Crippen LogP contribution in [0, 0.1) is 0 Å². The van der Waals surface area contributed by atoms with Crippen LogP contribution in [0.5, 0.6) is 0 Å². The summed E-state index contributed by atoms with van der Waals surface area (Å²) in [5, 5.41) is -0.547. The molecule has 114 valence electrons. The van der Waals surface area contributed by atoms with E-state index in [1.165, 1.54) is 0 Å². The number of rotatable bonds is 3. The number of benzene rings is 1. The van der Waals surface area contributed by atoms with Crippen LogP contribution in [0.25, 0.3) is 10.9 Å². The summed E-state index contributed by atoms with van der Waals surface area (Å²) in [6.45, 7) is 0. The highest BCUT2D eigenvalue weighted by Gasteiger charge is 2.46. The first-order valence-corrected chi connectivity index (χ1v) is 7.64. The second-order valence-electron chi connectivity index (χ2n) is 4.21. The third kappa shape index (κ3) is 2.93. The minimum atomic E-state index is -4.55. The van der Waals surface area contributed by atoms with Crippen molar-refractivity contribution in [2.24, 2.45) is 0 Å². The van der Waals surface area contributed by atoms with Gasteiger partial charge in [0.15, 0.2) is 9.84 Å². The largest absolute Gasteiger partial charge is 0.365 e. The molecule has 0 amide bonds. The molecule has 0 aliphatic heterocycles. The van der Waals surface area contributed by atoms with E-state index in [2.05, 4.69) is 9.97 Å². The molecule has 2 aromatic rings. The van der Waals surface area contributed by atoms with Gasteiger partial charge in [0.25, 0.3) is 0 Å². The second-order valence-corrected chi connectivity index (χ2v) is 6.59. The Labute approximate surface area is 121 Å². The molecule has 0 aliphatic rings. The van der Waals surface area contributed by atoms with Gasteiger partial charge >= 0.3 is 12.3 Å². The summed E-state index contributed by atoms with van der Waals surface area (Å²) in [7, 11) is -3.55. The summed E-state index contributed by atoms with van der Waals surface area (Å²) in [6.07, 6.45) is -3.04. The van der Waals surface area contributed by atoms with Crippen molar-refractivity contribution in [3.63, 3.8) is 0 Å². The van der Waals surface area contributed by atoms with Crippen LogP contribution in [0.1, 0.15) is 5.82 Å². The molecule has 0 fully saturated rings. The van der Waals surface area contributed by atoms with E-state index in [4.69, 9.17) is 11.6 Å². The van der Waals surface area contributed by atoms with Crippen LogP contribution in [-0.2, 0) is 15.8 Å². The molecule has 0 bridgehead atoms. The number of hydrogen-bond donors (Lipinski definition) is 0. The molecule has 1 heterocycles. The summed E-state index contributed by atoms with van der Waals surface area (Å²) < 4.78 is 73.8. The van der Waals surface area contributed by atoms with Crippen molar-refractivity contribution in [2.45, 2.75) is 17.2 Å². The van der Waals surface area contributed by atoms with Gasteiger partial charge in [-0.15, -0.1) is 0 Å². The van der Waals surface area contributed by atoms with Crippen molar-refractivity contribution in [1.29, 1.82) is 0 Å². The van der Waals surface area contributed by atoms with Gasteiger partial charge in [0.1, 0.15) is 5.15 Å². The molecule has 4 nitrogen and oxygen atoms in total. The summed E-state index contributed by atoms with van der Waals surface area (Å²) in [5.74, 6) is -5.96. The predicted molar refractivity (Wildman–Crippen MR) is 67.6 cm³/mol. The molecule has 1 aromatic carbocycles. The van der Waals surface area contributed by atoms with E-state index in [1.807, 2.05) is 0 Å². The number of sulfone groups is 1. The average Bonchev–Trinajstić information content (AvgIpc) is 2.36. The Morgan fingerprint density at radius 1 is 1.24 bits per heavy atom. The molecule has 0 aliphatic carbocycles. The van der Waals surface area contributed by atoms with Crippen LogP contribution in [0.3, 0.4) is 0 Å². The SMILES string of the molecule is CS(=O)(=O)c1ccc2nc(C(F)(F)C(F)F)nc(Cl)c2c1. The van der Waals surface area contributed by atoms with Gasteiger partial charge in [-0.3, -0.25) is 0 Å². The van der Waals surface area contributed by atoms with Crippen LogP contribution in [0.15, 0.2) is 23.1 Å². The van der Waals surface area contributed by atoms with E-state index in [1.54, 1.807) is 0 Å². The van der Waals surface area contributed by atoms with Gasteiger partial charge in [0.05, 0.1) is 10.4 Å². The average molecular weight is 343 g/mol. The van der Waals surface area contributed by atoms with Crippen molar-refractivity contribution in [2.75, 3.05) is 6.26 Å². The molecule has 0 spiro atoms. The molecule has 10 heteroatoms. The lowest BCUT2D eigenvalue weighted by atomic mass is 10.2. The van der Waals surface area contributed by atoms with E-state index in [9.17, 15) is 26.0 Å². The molecule has 0 N–H and O–H groups in total. The minimum absolute atomic E-state index is 0.0200. The van der Waals surface area contributed by atoms with Gasteiger partial charge in [-0.2, -0.15) is 8.78 Å². The molecule has 21 heavy (non-hydrogen) atoms. The summed E-state index contributed by atoms with van der Waals surface area (Å²) in [4.78, 5) is 6.36. The number of hydrogen-bond acceptors (Lipinski definition) is 4. The van der Waals surface area contributed by atoms with Gasteiger partial charge in [0.2, 0.25) is 5.82 Å². The number of alkyl halides is 4. The zero-order valence-electron chi connectivity index (χ0n) is 10.3. The Balaban J connectivity index is 2.70. The molecule has 0 unspecified atom stereocenters. The number of nitrogens with zero attached hydrogens (tertiary/aromatic N) is 2. The quantitative estimate of drug-likeness (QED) is 0.635. The Morgan fingerprint density at radius 2 is 1.86 bits per heavy atom. The summed E-state index contributed by atoms with van der Waals surface area (Å²) >= 11 is 5.67. The van der Waals surface area contributed by atoms with E-state index in [0.29, 0.717) is 0 Å². The lowest BCUT2D eigenvalue weighted by Crippen LogP contribution is -2.26. The Hall–Kier alpha value is -1.48. The molecule has 0 atom stereocenters. The highest BCUT2D eigenvalue weighted by Crippen LogP contribution is 2.34. The van der Waals surface area contributed by atoms with Gasteiger partial charge in [-0.05, 0) is 18.2 Å². The van der Waals surface area contributed by atoms with E-state index >= 15 is 0 Å². The van der Waals surface area contributed by atoms with Crippen LogP contribution in [0.2, 0.25) is 5.15 Å². The van der Waals surface area contributed by atoms with E-state index in [0.717, 1.165) is 24.5 Å². The maximum atomic E-state index is 13.2. The van der Waals surface area contributed by atoms with Crippen molar-refractivity contribution in [1.82, 2.24) is 9.97 Å². The number of halogens is 5. The fraction of sp³-hybridized carbons (Fsp3) is 0.273. The fourth-order valence-electron chi connectivity index (χ4n) is 1.55. The summed E-state index contributed by atoms with van der Waals surface area (Å²) in [5.41, 5.74) is -0.155. The van der Waals surface area contributed by atoms with Gasteiger partial charge < -0.3 is 0 Å². The Kier molecular flexibility index (Phi) is 3.83. The fourth-order valence-corrected chi connectivity index (χ4v) is 2.43. The third-order valence-electron chi connectivity index (χ3n) is 2.62. The standard InChI is InChI=1S/C11H7ClF4N2O2S/c1-21(19,20)5-2-3-7-6(4-5)8(12)18-10(17-7)11(15,16)9(13)14/h2-4,9H,1H3. The Bertz CT molecular complexity index is 811. The minimum Gasteiger partial charge on any atom is -0.227 e. The summed E-state index contributed by atoms with van der Waals surface area (Å²) in [6, 6.07) is 3.31. The first-order chi connectivity index (χ1) is 9.53. The third-order valence-corrected chi connectivity index (χ3v) is 4.02. The van der Waals surface area contributed by atoms with Crippen LogP contribution in [-0.4, -0.2) is 31.1 Å². The van der Waals surface area contributed by atoms with Crippen molar-refractivity contribution >= 4 is 32.3 Å². The first-order valence-electron chi connectivity index (χ1n) is 5.37. The normalized spacial score (nSPS) is 13.1. The maximum absolute atomic E-state index is 13.2. The van der Waals surface area contributed by atoms with Crippen LogP contribution < -0.4 is 0 Å². The number of fused-ring (bicyclic) bond motifs is 1. The van der Waals surface area contributed by atoms with Crippen molar-refractivity contribution in [3.8, 4) is 0 Å². The lowest BCUT2D eigenvalue weighted by molar-refractivity contribution is -0.140. The van der Waals surface area contributed by atoms with Gasteiger partial charge in [-0.1, -0.05) is 11.6 Å². The molecule has 2 rings (SSSR count). The van der Waals surface area contributed by atoms with Crippen molar-refractivity contribution < 1.29 is 26.0 Å². The van der Waals surface area contributed by atoms with E-state index in [-0.39, 0.29) is 15.8 Å². The molecular weight excluding hydrogens is 336 g/mol.